The minimum Gasteiger partial charge on any atom is -0.445 e. The average molecular weight is 447 g/mol. The van der Waals surface area contributed by atoms with Gasteiger partial charge in [0.1, 0.15) is 6.61 Å². The molecule has 0 aliphatic carbocycles. The number of hydrogen-bond acceptors (Lipinski definition) is 7. The third-order valence-corrected chi connectivity index (χ3v) is 4.67. The summed E-state index contributed by atoms with van der Waals surface area (Å²) < 4.78 is 5.16. The minimum atomic E-state index is -0.689. The molecule has 1 aliphatic heterocycles. The van der Waals surface area contributed by atoms with Crippen molar-refractivity contribution in [3.8, 4) is 0 Å². The molecule has 0 radical (unpaired) electrons. The van der Waals surface area contributed by atoms with E-state index in [1.54, 1.807) is 0 Å². The van der Waals surface area contributed by atoms with E-state index in [0.717, 1.165) is 12.0 Å². The number of anilines is 2. The molecule has 31 heavy (non-hydrogen) atoms. The fourth-order valence-corrected chi connectivity index (χ4v) is 2.95. The lowest BCUT2D eigenvalue weighted by Gasteiger charge is -2.10. The van der Waals surface area contributed by atoms with Gasteiger partial charge in [-0.25, -0.2) is 14.8 Å². The highest BCUT2D eigenvalue weighted by atomic mass is 35.5. The van der Waals surface area contributed by atoms with E-state index in [0.29, 0.717) is 25.5 Å². The zero-order valence-electron chi connectivity index (χ0n) is 16.6. The molecule has 2 amide bonds. The van der Waals surface area contributed by atoms with Crippen molar-refractivity contribution in [1.82, 2.24) is 25.9 Å². The van der Waals surface area contributed by atoms with Crippen LogP contribution in [-0.2, 0) is 11.3 Å². The van der Waals surface area contributed by atoms with Gasteiger partial charge < -0.3 is 32.2 Å². The Kier molecular flexibility index (Phi) is 7.44. The Balaban J connectivity index is 1.38. The van der Waals surface area contributed by atoms with Crippen LogP contribution in [0.4, 0.5) is 16.4 Å². The molecule has 2 heterocycles. The molecule has 7 N–H and O–H groups in total. The Hall–Kier alpha value is -3.60. The van der Waals surface area contributed by atoms with Crippen LogP contribution < -0.4 is 27.4 Å². The summed E-state index contributed by atoms with van der Waals surface area (Å²) in [7, 11) is 0. The number of benzene rings is 1. The van der Waals surface area contributed by atoms with E-state index >= 15 is 0 Å². The lowest BCUT2D eigenvalue weighted by molar-refractivity contribution is 0.0998. The number of rotatable bonds is 7. The largest absolute Gasteiger partial charge is 0.445 e. The van der Waals surface area contributed by atoms with Crippen LogP contribution in [0.5, 0.6) is 0 Å². The smallest absolute Gasteiger partial charge is 0.407 e. The molecule has 1 saturated heterocycles. The summed E-state index contributed by atoms with van der Waals surface area (Å²) >= 11 is 5.79. The molecule has 1 atom stereocenters. The number of aromatic nitrogens is 2. The second-order valence-electron chi connectivity index (χ2n) is 6.75. The van der Waals surface area contributed by atoms with E-state index in [1.165, 1.54) is 0 Å². The molecule has 0 spiro atoms. The maximum Gasteiger partial charge on any atom is 0.407 e. The molecule has 164 valence electrons. The van der Waals surface area contributed by atoms with E-state index in [4.69, 9.17) is 27.8 Å². The number of hydrogen-bond donors (Lipinski definition) is 5. The molecule has 1 fully saturated rings. The molecule has 2 aromatic rings. The molecule has 0 saturated carbocycles. The van der Waals surface area contributed by atoms with E-state index < -0.39 is 12.0 Å². The highest BCUT2D eigenvalue weighted by molar-refractivity contribution is 6.31. The van der Waals surface area contributed by atoms with Crippen LogP contribution in [0.15, 0.2) is 35.3 Å². The highest BCUT2D eigenvalue weighted by Crippen LogP contribution is 2.18. The number of nitrogens with two attached hydrogens (primary N) is 2. The predicted octanol–water partition coefficient (Wildman–Crippen LogP) is 1.06. The highest BCUT2D eigenvalue weighted by Gasteiger charge is 2.21. The van der Waals surface area contributed by atoms with Crippen LogP contribution in [-0.4, -0.2) is 47.1 Å². The standard InChI is InChI=1S/C19H23ClN8O3/c20-14-16(22)27-15(21)13(26-14)17(29)28-18-24-9-12(25-18)7-4-8-23-19(30)31-10-11-5-2-1-3-6-11/h1-3,5-6,12H,4,7-10H2,(H,23,30)(H4,21,22,27)(H2,24,25,28,29). The fraction of sp³-hybridized carbons (Fsp3) is 0.316. The average Bonchev–Trinajstić information content (AvgIpc) is 3.20. The Bertz CT molecular complexity index is 970. The summed E-state index contributed by atoms with van der Waals surface area (Å²) in [5.41, 5.74) is 11.9. The van der Waals surface area contributed by atoms with Gasteiger partial charge in [0.2, 0.25) is 0 Å². The van der Waals surface area contributed by atoms with Crippen LogP contribution in [0.1, 0.15) is 28.9 Å². The Morgan fingerprint density at radius 3 is 2.77 bits per heavy atom. The minimum absolute atomic E-state index is 0.0483. The maximum atomic E-state index is 12.3. The fourth-order valence-electron chi connectivity index (χ4n) is 2.83. The normalized spacial score (nSPS) is 16.4. The van der Waals surface area contributed by atoms with E-state index in [-0.39, 0.29) is 35.1 Å². The summed E-state index contributed by atoms with van der Waals surface area (Å²) in [5, 5.41) is 8.70. The molecular weight excluding hydrogens is 424 g/mol. The first kappa shape index (κ1) is 22.1. The predicted molar refractivity (Wildman–Crippen MR) is 116 cm³/mol. The van der Waals surface area contributed by atoms with Gasteiger partial charge in [-0.15, -0.1) is 0 Å². The Morgan fingerprint density at radius 1 is 1.23 bits per heavy atom. The van der Waals surface area contributed by atoms with Crippen LogP contribution in [0.2, 0.25) is 5.15 Å². The lowest BCUT2D eigenvalue weighted by atomic mass is 10.2. The summed E-state index contributed by atoms with van der Waals surface area (Å²) in [6.45, 7) is 1.27. The summed E-state index contributed by atoms with van der Waals surface area (Å²) in [6.07, 6.45) is 0.997. The van der Waals surface area contributed by atoms with E-state index in [9.17, 15) is 9.59 Å². The summed E-state index contributed by atoms with van der Waals surface area (Å²) in [5.74, 6) is -0.584. The van der Waals surface area contributed by atoms with Crippen molar-refractivity contribution in [2.75, 3.05) is 24.6 Å². The molecule has 3 rings (SSSR count). The van der Waals surface area contributed by atoms with Gasteiger partial charge in [-0.2, -0.15) is 4.99 Å². The van der Waals surface area contributed by atoms with Gasteiger partial charge in [0, 0.05) is 19.1 Å². The van der Waals surface area contributed by atoms with Gasteiger partial charge in [0.15, 0.2) is 28.4 Å². The quantitative estimate of drug-likeness (QED) is 0.390. The Morgan fingerprint density at radius 2 is 2.00 bits per heavy atom. The van der Waals surface area contributed by atoms with Crippen molar-refractivity contribution >= 4 is 41.2 Å². The first-order chi connectivity index (χ1) is 14.9. The number of nitrogen functional groups attached to an aromatic ring is 2. The van der Waals surface area contributed by atoms with Gasteiger partial charge in [-0.1, -0.05) is 41.9 Å². The number of ether oxygens (including phenoxy) is 1. The van der Waals surface area contributed by atoms with Crippen LogP contribution in [0.25, 0.3) is 0 Å². The van der Waals surface area contributed by atoms with Crippen LogP contribution in [0, 0.1) is 0 Å². The number of amides is 2. The van der Waals surface area contributed by atoms with Crippen LogP contribution >= 0.6 is 11.6 Å². The van der Waals surface area contributed by atoms with Crippen molar-refractivity contribution in [2.45, 2.75) is 25.5 Å². The van der Waals surface area contributed by atoms with Crippen molar-refractivity contribution in [3.63, 3.8) is 0 Å². The molecule has 1 aliphatic rings. The first-order valence-electron chi connectivity index (χ1n) is 9.59. The van der Waals surface area contributed by atoms with Gasteiger partial charge in [0.05, 0.1) is 0 Å². The third-order valence-electron chi connectivity index (χ3n) is 4.39. The molecule has 1 aromatic heterocycles. The Labute approximate surface area is 183 Å². The second kappa shape index (κ2) is 10.4. The molecule has 12 heteroatoms. The van der Waals surface area contributed by atoms with Gasteiger partial charge in [-0.05, 0) is 18.4 Å². The molecule has 1 unspecified atom stereocenters. The van der Waals surface area contributed by atoms with Crippen molar-refractivity contribution < 1.29 is 14.3 Å². The molecule has 1 aromatic carbocycles. The number of carbonyl (C=O) groups excluding carboxylic acids is 2. The SMILES string of the molecule is Nc1nc(N)c(C(=O)N=C2NCC(CCCNC(=O)OCc3ccccc3)N2)nc1Cl. The first-order valence-corrected chi connectivity index (χ1v) is 9.96. The monoisotopic (exact) mass is 446 g/mol. The van der Waals surface area contributed by atoms with E-state index in [1.807, 2.05) is 30.3 Å². The van der Waals surface area contributed by atoms with Gasteiger partial charge in [-0.3, -0.25) is 4.79 Å². The van der Waals surface area contributed by atoms with Gasteiger partial charge in [0.25, 0.3) is 0 Å². The number of nitrogens with zero attached hydrogens (tertiary/aromatic N) is 3. The number of alkyl carbamates (subject to hydrolysis) is 1. The van der Waals surface area contributed by atoms with Crippen molar-refractivity contribution in [1.29, 1.82) is 0 Å². The van der Waals surface area contributed by atoms with Crippen LogP contribution in [0.3, 0.4) is 0 Å². The van der Waals surface area contributed by atoms with Crippen molar-refractivity contribution in [3.05, 3.63) is 46.7 Å². The molecular formula is C19H23ClN8O3. The molecule has 0 bridgehead atoms. The third kappa shape index (κ3) is 6.44. The second-order valence-corrected chi connectivity index (χ2v) is 7.11. The maximum absolute atomic E-state index is 12.3. The number of aliphatic imine (C=N–C) groups is 1. The zero-order chi connectivity index (χ0) is 22.2. The summed E-state index contributed by atoms with van der Waals surface area (Å²) in [4.78, 5) is 35.5. The topological polar surface area (TPSA) is 170 Å². The van der Waals surface area contributed by atoms with E-state index in [2.05, 4.69) is 30.9 Å². The number of halogens is 1. The summed E-state index contributed by atoms with van der Waals surface area (Å²) in [6, 6.07) is 9.50. The van der Waals surface area contributed by atoms with Crippen molar-refractivity contribution in [2.24, 2.45) is 4.99 Å². The lowest BCUT2D eigenvalue weighted by Crippen LogP contribution is -2.31. The number of guanidine groups is 1. The van der Waals surface area contributed by atoms with Gasteiger partial charge >= 0.3 is 12.0 Å². The molecule has 11 nitrogen and oxygen atoms in total. The zero-order valence-corrected chi connectivity index (χ0v) is 17.4. The number of carbonyl (C=O) groups is 2. The number of nitrogens with one attached hydrogen (secondary N) is 3.